The third-order valence-electron chi connectivity index (χ3n) is 3.29. The molecule has 1 aromatic rings. The van der Waals surface area contributed by atoms with Crippen molar-refractivity contribution in [3.8, 4) is 0 Å². The quantitative estimate of drug-likeness (QED) is 0.705. The van der Waals surface area contributed by atoms with E-state index in [9.17, 15) is 9.59 Å². The Hall–Kier alpha value is -1.69. The first-order chi connectivity index (χ1) is 9.56. The van der Waals surface area contributed by atoms with Gasteiger partial charge < -0.3 is 16.8 Å². The van der Waals surface area contributed by atoms with Crippen molar-refractivity contribution in [3.63, 3.8) is 0 Å². The van der Waals surface area contributed by atoms with E-state index >= 15 is 0 Å². The molecular weight excluding hydrogens is 274 g/mol. The molecule has 0 radical (unpaired) electrons. The SMILES string of the molecule is NC(=O)CSCC(=O)NC1CCCc2cc(N)ccc21. The summed E-state index contributed by atoms with van der Waals surface area (Å²) in [6.07, 6.45) is 2.97. The van der Waals surface area contributed by atoms with E-state index in [-0.39, 0.29) is 23.5 Å². The van der Waals surface area contributed by atoms with Gasteiger partial charge in [0.25, 0.3) is 0 Å². The number of aryl methyl sites for hydroxylation is 1. The van der Waals surface area contributed by atoms with Crippen LogP contribution in [0.1, 0.15) is 30.0 Å². The van der Waals surface area contributed by atoms with Crippen LogP contribution >= 0.6 is 11.8 Å². The molecule has 1 atom stereocenters. The number of anilines is 1. The van der Waals surface area contributed by atoms with Crippen LogP contribution in [0.15, 0.2) is 18.2 Å². The number of hydrogen-bond acceptors (Lipinski definition) is 4. The van der Waals surface area contributed by atoms with Crippen LogP contribution in [-0.2, 0) is 16.0 Å². The van der Waals surface area contributed by atoms with Crippen molar-refractivity contribution in [1.82, 2.24) is 5.32 Å². The summed E-state index contributed by atoms with van der Waals surface area (Å²) in [6.45, 7) is 0. The number of nitrogens with two attached hydrogens (primary N) is 2. The van der Waals surface area contributed by atoms with E-state index in [1.54, 1.807) is 0 Å². The minimum Gasteiger partial charge on any atom is -0.399 e. The van der Waals surface area contributed by atoms with Crippen LogP contribution in [0.5, 0.6) is 0 Å². The lowest BCUT2D eigenvalue weighted by Gasteiger charge is -2.26. The number of hydrogen-bond donors (Lipinski definition) is 3. The van der Waals surface area contributed by atoms with E-state index in [1.165, 1.54) is 17.3 Å². The first-order valence-electron chi connectivity index (χ1n) is 6.60. The van der Waals surface area contributed by atoms with Gasteiger partial charge in [-0.3, -0.25) is 9.59 Å². The Morgan fingerprint density at radius 1 is 1.35 bits per heavy atom. The van der Waals surface area contributed by atoms with Crippen LogP contribution in [0.4, 0.5) is 5.69 Å². The Labute approximate surface area is 122 Å². The molecule has 1 aromatic carbocycles. The van der Waals surface area contributed by atoms with Crippen molar-refractivity contribution < 1.29 is 9.59 Å². The third-order valence-corrected chi connectivity index (χ3v) is 4.25. The first-order valence-corrected chi connectivity index (χ1v) is 7.75. The van der Waals surface area contributed by atoms with Gasteiger partial charge >= 0.3 is 0 Å². The molecule has 1 unspecified atom stereocenters. The molecule has 1 aliphatic carbocycles. The Balaban J connectivity index is 1.94. The average Bonchev–Trinajstić information content (AvgIpc) is 2.38. The summed E-state index contributed by atoms with van der Waals surface area (Å²) in [6, 6.07) is 5.88. The molecule has 1 aliphatic rings. The first kappa shape index (κ1) is 14.7. The molecule has 5 nitrogen and oxygen atoms in total. The number of benzene rings is 1. The van der Waals surface area contributed by atoms with Crippen molar-refractivity contribution in [2.24, 2.45) is 5.73 Å². The zero-order valence-corrected chi connectivity index (χ0v) is 12.0. The van der Waals surface area contributed by atoms with Gasteiger partial charge in [-0.15, -0.1) is 11.8 Å². The predicted octanol–water partition coefficient (Wildman–Crippen LogP) is 0.981. The van der Waals surface area contributed by atoms with Crippen molar-refractivity contribution in [1.29, 1.82) is 0 Å². The van der Waals surface area contributed by atoms with E-state index in [2.05, 4.69) is 5.32 Å². The molecule has 5 N–H and O–H groups in total. The number of primary amides is 1. The van der Waals surface area contributed by atoms with Gasteiger partial charge in [0.2, 0.25) is 11.8 Å². The van der Waals surface area contributed by atoms with Crippen LogP contribution in [0.25, 0.3) is 0 Å². The predicted molar refractivity (Wildman–Crippen MR) is 81.2 cm³/mol. The number of nitrogens with one attached hydrogen (secondary N) is 1. The number of thioether (sulfide) groups is 1. The summed E-state index contributed by atoms with van der Waals surface area (Å²) in [5, 5.41) is 3.02. The fourth-order valence-corrected chi connectivity index (χ4v) is 3.04. The molecule has 0 fully saturated rings. The zero-order chi connectivity index (χ0) is 14.5. The standard InChI is InChI=1S/C14H19N3O2S/c15-10-4-5-11-9(6-10)2-1-3-12(11)17-14(19)8-20-7-13(16)18/h4-6,12H,1-3,7-8,15H2,(H2,16,18)(H,17,19). The number of carbonyl (C=O) groups is 2. The molecule has 108 valence electrons. The molecule has 0 spiro atoms. The summed E-state index contributed by atoms with van der Waals surface area (Å²) in [5.74, 6) is -0.0400. The highest BCUT2D eigenvalue weighted by atomic mass is 32.2. The van der Waals surface area contributed by atoms with E-state index < -0.39 is 5.91 Å². The van der Waals surface area contributed by atoms with Gasteiger partial charge in [0.15, 0.2) is 0 Å². The summed E-state index contributed by atoms with van der Waals surface area (Å²) in [5.41, 5.74) is 13.9. The topological polar surface area (TPSA) is 98.2 Å². The highest BCUT2D eigenvalue weighted by molar-refractivity contribution is 8.00. The molecule has 0 aliphatic heterocycles. The van der Waals surface area contributed by atoms with E-state index in [0.29, 0.717) is 0 Å². The monoisotopic (exact) mass is 293 g/mol. The number of fused-ring (bicyclic) bond motifs is 1. The lowest BCUT2D eigenvalue weighted by atomic mass is 9.87. The van der Waals surface area contributed by atoms with Crippen molar-refractivity contribution in [2.45, 2.75) is 25.3 Å². The van der Waals surface area contributed by atoms with E-state index in [1.807, 2.05) is 18.2 Å². The Kier molecular flexibility index (Phi) is 4.89. The van der Waals surface area contributed by atoms with Gasteiger partial charge in [-0.05, 0) is 42.5 Å². The van der Waals surface area contributed by atoms with Crippen LogP contribution in [0.3, 0.4) is 0 Å². The van der Waals surface area contributed by atoms with E-state index in [4.69, 9.17) is 11.5 Å². The van der Waals surface area contributed by atoms with Crippen molar-refractivity contribution >= 4 is 29.3 Å². The van der Waals surface area contributed by atoms with Gasteiger partial charge in [0, 0.05) is 5.69 Å². The van der Waals surface area contributed by atoms with Gasteiger partial charge in [0.1, 0.15) is 0 Å². The molecule has 2 amide bonds. The van der Waals surface area contributed by atoms with Crippen molar-refractivity contribution in [3.05, 3.63) is 29.3 Å². The second kappa shape index (κ2) is 6.65. The maximum atomic E-state index is 11.9. The minimum atomic E-state index is -0.402. The van der Waals surface area contributed by atoms with Gasteiger partial charge in [0.05, 0.1) is 17.5 Å². The molecule has 2 rings (SSSR count). The molecule has 0 saturated heterocycles. The lowest BCUT2D eigenvalue weighted by Crippen LogP contribution is -2.32. The van der Waals surface area contributed by atoms with Crippen LogP contribution in [0, 0.1) is 0 Å². The van der Waals surface area contributed by atoms with E-state index in [0.717, 1.165) is 30.5 Å². The maximum Gasteiger partial charge on any atom is 0.230 e. The fourth-order valence-electron chi connectivity index (χ4n) is 2.46. The summed E-state index contributed by atoms with van der Waals surface area (Å²) in [7, 11) is 0. The van der Waals surface area contributed by atoms with Crippen LogP contribution in [-0.4, -0.2) is 23.3 Å². The number of rotatable bonds is 5. The maximum absolute atomic E-state index is 11.9. The largest absolute Gasteiger partial charge is 0.399 e. The number of amides is 2. The number of carbonyl (C=O) groups excluding carboxylic acids is 2. The summed E-state index contributed by atoms with van der Waals surface area (Å²) < 4.78 is 0. The third kappa shape index (κ3) is 3.90. The number of nitrogen functional groups attached to an aromatic ring is 1. The van der Waals surface area contributed by atoms with Gasteiger partial charge in [-0.2, -0.15) is 0 Å². The Morgan fingerprint density at radius 2 is 2.15 bits per heavy atom. The molecule has 0 saturated carbocycles. The summed E-state index contributed by atoms with van der Waals surface area (Å²) >= 11 is 1.24. The second-order valence-electron chi connectivity index (χ2n) is 4.93. The van der Waals surface area contributed by atoms with Crippen LogP contribution < -0.4 is 16.8 Å². The van der Waals surface area contributed by atoms with Gasteiger partial charge in [-0.25, -0.2) is 0 Å². The van der Waals surface area contributed by atoms with Crippen molar-refractivity contribution in [2.75, 3.05) is 17.2 Å². The highest BCUT2D eigenvalue weighted by Gasteiger charge is 2.21. The molecular formula is C14H19N3O2S. The molecule has 0 heterocycles. The Bertz CT molecular complexity index is 519. The Morgan fingerprint density at radius 3 is 2.90 bits per heavy atom. The molecule has 20 heavy (non-hydrogen) atoms. The second-order valence-corrected chi connectivity index (χ2v) is 5.92. The summed E-state index contributed by atoms with van der Waals surface area (Å²) in [4.78, 5) is 22.5. The molecule has 0 aromatic heterocycles. The molecule has 6 heteroatoms. The van der Waals surface area contributed by atoms with Crippen LogP contribution in [0.2, 0.25) is 0 Å². The lowest BCUT2D eigenvalue weighted by molar-refractivity contribution is -0.119. The smallest absolute Gasteiger partial charge is 0.230 e. The highest BCUT2D eigenvalue weighted by Crippen LogP contribution is 2.30. The van der Waals surface area contributed by atoms with Gasteiger partial charge in [-0.1, -0.05) is 6.07 Å². The normalized spacial score (nSPS) is 17.3. The zero-order valence-electron chi connectivity index (χ0n) is 11.2. The average molecular weight is 293 g/mol. The fraction of sp³-hybridized carbons (Fsp3) is 0.429. The molecule has 0 bridgehead atoms. The minimum absolute atomic E-state index is 0.0426.